The number of rotatable bonds is 17. The monoisotopic (exact) mass is 392 g/mol. The van der Waals surface area contributed by atoms with E-state index in [1.54, 1.807) is 0 Å². The molecule has 0 saturated carbocycles. The van der Waals surface area contributed by atoms with Crippen molar-refractivity contribution in [2.24, 2.45) is 0 Å². The summed E-state index contributed by atoms with van der Waals surface area (Å²) in [7, 11) is 0. The second kappa shape index (κ2) is 15.9. The second-order valence-corrected chi connectivity index (χ2v) is 8.57. The van der Waals surface area contributed by atoms with E-state index in [0.29, 0.717) is 6.42 Å². The third kappa shape index (κ3) is 11.8. The lowest BCUT2D eigenvalue weighted by atomic mass is 9.82. The van der Waals surface area contributed by atoms with E-state index in [0.717, 1.165) is 19.3 Å². The number of ketones is 1. The van der Waals surface area contributed by atoms with Gasteiger partial charge in [-0.2, -0.15) is 0 Å². The van der Waals surface area contributed by atoms with E-state index in [2.05, 4.69) is 19.1 Å². The van der Waals surface area contributed by atoms with E-state index < -0.39 is 11.7 Å². The van der Waals surface area contributed by atoms with Gasteiger partial charge in [0.2, 0.25) is 0 Å². The summed E-state index contributed by atoms with van der Waals surface area (Å²) in [5.41, 5.74) is -1.24. The molecule has 162 valence electrons. The van der Waals surface area contributed by atoms with Crippen LogP contribution in [-0.4, -0.2) is 27.7 Å². The van der Waals surface area contributed by atoms with E-state index in [4.69, 9.17) is 0 Å². The molecule has 0 fully saturated rings. The first-order chi connectivity index (χ1) is 13.6. The fraction of sp³-hybridized carbons (Fsp3) is 0.800. The highest BCUT2D eigenvalue weighted by Gasteiger charge is 2.37. The molecular weight excluding hydrogens is 348 g/mol. The summed E-state index contributed by atoms with van der Waals surface area (Å²) in [5, 5.41) is 20.3. The van der Waals surface area contributed by atoms with Gasteiger partial charge >= 0.3 is 0 Å². The highest BCUT2D eigenvalue weighted by atomic mass is 16.3. The molecule has 3 nitrogen and oxygen atoms in total. The van der Waals surface area contributed by atoms with E-state index in [1.807, 2.05) is 0 Å². The molecule has 0 aliphatic heterocycles. The van der Waals surface area contributed by atoms with Crippen LogP contribution < -0.4 is 0 Å². The van der Waals surface area contributed by atoms with Gasteiger partial charge in [0.05, 0.1) is 0 Å². The van der Waals surface area contributed by atoms with Crippen LogP contribution in [0.2, 0.25) is 0 Å². The molecular formula is C25H44O3. The van der Waals surface area contributed by atoms with Gasteiger partial charge in [0.25, 0.3) is 0 Å². The maximum atomic E-state index is 11.4. The average molecular weight is 393 g/mol. The number of carbonyl (C=O) groups is 1. The molecule has 0 saturated heterocycles. The molecule has 0 aromatic carbocycles. The van der Waals surface area contributed by atoms with Crippen LogP contribution in [0.1, 0.15) is 116 Å². The Morgan fingerprint density at radius 2 is 1.39 bits per heavy atom. The molecule has 2 unspecified atom stereocenters. The third-order valence-electron chi connectivity index (χ3n) is 5.88. The van der Waals surface area contributed by atoms with Gasteiger partial charge in [-0.3, -0.25) is 4.79 Å². The Morgan fingerprint density at radius 3 is 1.93 bits per heavy atom. The van der Waals surface area contributed by atoms with Gasteiger partial charge in [0, 0.05) is 6.42 Å². The van der Waals surface area contributed by atoms with Crippen molar-refractivity contribution in [2.75, 3.05) is 0 Å². The van der Waals surface area contributed by atoms with Gasteiger partial charge in [-0.1, -0.05) is 96.1 Å². The molecule has 1 rings (SSSR count). The Labute approximate surface area is 173 Å². The minimum Gasteiger partial charge on any atom is -0.386 e. The largest absolute Gasteiger partial charge is 0.386 e. The van der Waals surface area contributed by atoms with Crippen LogP contribution in [0.5, 0.6) is 0 Å². The zero-order chi connectivity index (χ0) is 20.5. The molecule has 1 aliphatic carbocycles. The lowest BCUT2D eigenvalue weighted by Gasteiger charge is -2.33. The number of allylic oxidation sites excluding steroid dienone is 3. The van der Waals surface area contributed by atoms with Gasteiger partial charge in [0.15, 0.2) is 5.78 Å². The fourth-order valence-corrected chi connectivity index (χ4v) is 4.00. The van der Waals surface area contributed by atoms with Crippen molar-refractivity contribution in [3.8, 4) is 0 Å². The molecule has 1 aliphatic rings. The van der Waals surface area contributed by atoms with E-state index in [-0.39, 0.29) is 12.2 Å². The van der Waals surface area contributed by atoms with Crippen LogP contribution in [0.3, 0.4) is 0 Å². The van der Waals surface area contributed by atoms with Crippen molar-refractivity contribution >= 4 is 5.78 Å². The molecule has 2 atom stereocenters. The standard InChI is InChI=1S/C25H44O3/c1-2-3-4-5-6-7-8-9-10-11-12-13-14-15-16-17-18-21-25(28)22-23(26)19-20-24(25)27/h3-4,19-20,24,27-28H,2,5-18,21-22H2,1H3. The normalized spacial score (nSPS) is 22.4. The lowest BCUT2D eigenvalue weighted by Crippen LogP contribution is -2.45. The van der Waals surface area contributed by atoms with E-state index in [9.17, 15) is 15.0 Å². The summed E-state index contributed by atoms with van der Waals surface area (Å²) in [5.74, 6) is -0.0862. The molecule has 0 radical (unpaired) electrons. The van der Waals surface area contributed by atoms with Crippen molar-refractivity contribution in [3.05, 3.63) is 24.3 Å². The Kier molecular flexibility index (Phi) is 14.3. The fourth-order valence-electron chi connectivity index (χ4n) is 4.00. The number of hydrogen-bond donors (Lipinski definition) is 2. The summed E-state index contributed by atoms with van der Waals surface area (Å²) < 4.78 is 0. The molecule has 2 N–H and O–H groups in total. The van der Waals surface area contributed by atoms with E-state index in [1.165, 1.54) is 89.2 Å². The Hall–Kier alpha value is -0.930. The van der Waals surface area contributed by atoms with Crippen LogP contribution in [-0.2, 0) is 4.79 Å². The average Bonchev–Trinajstić information content (AvgIpc) is 2.67. The molecule has 3 heteroatoms. The molecule has 0 spiro atoms. The molecule has 0 amide bonds. The minimum atomic E-state index is -1.24. The SMILES string of the molecule is CCC=CCCCCCCCCCCCCCCCC1(O)CC(=O)C=CC1O. The summed E-state index contributed by atoms with van der Waals surface area (Å²) >= 11 is 0. The number of hydrogen-bond acceptors (Lipinski definition) is 3. The summed E-state index contributed by atoms with van der Waals surface area (Å²) in [6.45, 7) is 2.19. The van der Waals surface area contributed by atoms with Crippen LogP contribution in [0.15, 0.2) is 24.3 Å². The number of unbranched alkanes of at least 4 members (excludes halogenated alkanes) is 13. The Morgan fingerprint density at radius 1 is 0.893 bits per heavy atom. The Balaban J connectivity index is 1.83. The van der Waals surface area contributed by atoms with Gasteiger partial charge in [-0.05, 0) is 37.8 Å². The van der Waals surface area contributed by atoms with Gasteiger partial charge in [-0.25, -0.2) is 0 Å². The number of aliphatic hydroxyl groups is 2. The lowest BCUT2D eigenvalue weighted by molar-refractivity contribution is -0.127. The zero-order valence-corrected chi connectivity index (χ0v) is 18.2. The van der Waals surface area contributed by atoms with Gasteiger partial charge in [0.1, 0.15) is 11.7 Å². The van der Waals surface area contributed by atoms with E-state index >= 15 is 0 Å². The molecule has 28 heavy (non-hydrogen) atoms. The van der Waals surface area contributed by atoms with Crippen molar-refractivity contribution in [1.29, 1.82) is 0 Å². The smallest absolute Gasteiger partial charge is 0.158 e. The van der Waals surface area contributed by atoms with Crippen molar-refractivity contribution in [3.63, 3.8) is 0 Å². The summed E-state index contributed by atoms with van der Waals surface area (Å²) in [6.07, 6.45) is 26.1. The highest BCUT2D eigenvalue weighted by molar-refractivity contribution is 5.91. The van der Waals surface area contributed by atoms with Crippen LogP contribution in [0.25, 0.3) is 0 Å². The van der Waals surface area contributed by atoms with Crippen LogP contribution in [0, 0.1) is 0 Å². The molecule has 0 aromatic heterocycles. The van der Waals surface area contributed by atoms with Gasteiger partial charge in [-0.15, -0.1) is 0 Å². The molecule has 0 bridgehead atoms. The quantitative estimate of drug-likeness (QED) is 0.222. The molecule has 0 heterocycles. The third-order valence-corrected chi connectivity index (χ3v) is 5.88. The summed E-state index contributed by atoms with van der Waals surface area (Å²) in [4.78, 5) is 11.4. The number of aliphatic hydroxyl groups excluding tert-OH is 1. The summed E-state index contributed by atoms with van der Waals surface area (Å²) in [6, 6.07) is 0. The predicted octanol–water partition coefficient (Wildman–Crippen LogP) is 6.43. The first-order valence-electron chi connectivity index (χ1n) is 11.8. The highest BCUT2D eigenvalue weighted by Crippen LogP contribution is 2.28. The minimum absolute atomic E-state index is 0.0561. The van der Waals surface area contributed by atoms with Crippen molar-refractivity contribution < 1.29 is 15.0 Å². The number of carbonyl (C=O) groups excluding carboxylic acids is 1. The van der Waals surface area contributed by atoms with Gasteiger partial charge < -0.3 is 10.2 Å². The predicted molar refractivity (Wildman–Crippen MR) is 118 cm³/mol. The van der Waals surface area contributed by atoms with Crippen molar-refractivity contribution in [2.45, 2.75) is 128 Å². The van der Waals surface area contributed by atoms with Crippen LogP contribution in [0.4, 0.5) is 0 Å². The first kappa shape index (κ1) is 25.1. The molecule has 0 aromatic rings. The topological polar surface area (TPSA) is 57.5 Å². The zero-order valence-electron chi connectivity index (χ0n) is 18.2. The second-order valence-electron chi connectivity index (χ2n) is 8.57. The maximum absolute atomic E-state index is 11.4. The maximum Gasteiger partial charge on any atom is 0.158 e. The van der Waals surface area contributed by atoms with Crippen molar-refractivity contribution in [1.82, 2.24) is 0 Å². The van der Waals surface area contributed by atoms with Crippen LogP contribution >= 0.6 is 0 Å². The Bertz CT molecular complexity index is 455. The first-order valence-corrected chi connectivity index (χ1v) is 11.8.